The molecule has 0 aliphatic carbocycles. The van der Waals surface area contributed by atoms with Gasteiger partial charge in [-0.05, 0) is 24.6 Å². The van der Waals surface area contributed by atoms with Crippen LogP contribution in [-0.2, 0) is 11.3 Å². The molecule has 0 saturated heterocycles. The van der Waals surface area contributed by atoms with Crippen LogP contribution in [0.1, 0.15) is 11.4 Å². The number of ether oxygens (including phenoxy) is 1. The van der Waals surface area contributed by atoms with Gasteiger partial charge in [0.25, 0.3) is 0 Å². The van der Waals surface area contributed by atoms with Crippen LogP contribution in [0.4, 0.5) is 13.2 Å². The van der Waals surface area contributed by atoms with Crippen LogP contribution in [0.3, 0.4) is 0 Å². The van der Waals surface area contributed by atoms with Crippen LogP contribution < -0.4 is 0 Å². The van der Waals surface area contributed by atoms with Gasteiger partial charge in [0, 0.05) is 4.47 Å². The van der Waals surface area contributed by atoms with E-state index >= 15 is 0 Å². The molecule has 98 valence electrons. The van der Waals surface area contributed by atoms with Crippen molar-refractivity contribution in [1.82, 2.24) is 9.97 Å². The Morgan fingerprint density at radius 1 is 1.39 bits per heavy atom. The summed E-state index contributed by atoms with van der Waals surface area (Å²) in [4.78, 5) is 7.13. The van der Waals surface area contributed by atoms with Gasteiger partial charge < -0.3 is 9.72 Å². The molecule has 0 aliphatic rings. The van der Waals surface area contributed by atoms with E-state index < -0.39 is 12.8 Å². The molecular formula is C11H10BrF3N2O. The highest BCUT2D eigenvalue weighted by Gasteiger charge is 2.27. The fraction of sp³-hybridized carbons (Fsp3) is 0.364. The standard InChI is InChI=1S/C11H10BrF3N2O/c1-6-2-7(12)3-8-10(6)17-9(16-8)4-18-5-11(13,14)15/h2-3H,4-5H2,1H3,(H,16,17). The van der Waals surface area contributed by atoms with Crippen LogP contribution in [-0.4, -0.2) is 22.8 Å². The number of aromatic nitrogens is 2. The summed E-state index contributed by atoms with van der Waals surface area (Å²) in [6, 6.07) is 3.71. The third-order valence-corrected chi connectivity index (χ3v) is 2.75. The number of hydrogen-bond donors (Lipinski definition) is 1. The van der Waals surface area contributed by atoms with E-state index in [1.165, 1.54) is 0 Å². The van der Waals surface area contributed by atoms with Gasteiger partial charge >= 0.3 is 6.18 Å². The number of aromatic amines is 1. The third kappa shape index (κ3) is 3.23. The van der Waals surface area contributed by atoms with E-state index in [-0.39, 0.29) is 6.61 Å². The Hall–Kier alpha value is -1.08. The van der Waals surface area contributed by atoms with E-state index in [1.54, 1.807) is 0 Å². The maximum absolute atomic E-state index is 11.9. The van der Waals surface area contributed by atoms with E-state index in [4.69, 9.17) is 0 Å². The number of fused-ring (bicyclic) bond motifs is 1. The summed E-state index contributed by atoms with van der Waals surface area (Å²) in [5.41, 5.74) is 2.45. The van der Waals surface area contributed by atoms with Crippen LogP contribution in [0.2, 0.25) is 0 Å². The van der Waals surface area contributed by atoms with E-state index in [2.05, 4.69) is 30.6 Å². The minimum Gasteiger partial charge on any atom is -0.364 e. The fourth-order valence-electron chi connectivity index (χ4n) is 1.63. The molecule has 1 aromatic heterocycles. The van der Waals surface area contributed by atoms with Crippen molar-refractivity contribution in [3.8, 4) is 0 Å². The lowest BCUT2D eigenvalue weighted by Crippen LogP contribution is -2.16. The largest absolute Gasteiger partial charge is 0.411 e. The van der Waals surface area contributed by atoms with Crippen molar-refractivity contribution < 1.29 is 17.9 Å². The summed E-state index contributed by atoms with van der Waals surface area (Å²) in [5, 5.41) is 0. The number of nitrogens with zero attached hydrogens (tertiary/aromatic N) is 1. The Morgan fingerprint density at radius 2 is 2.11 bits per heavy atom. The van der Waals surface area contributed by atoms with Crippen LogP contribution in [0.25, 0.3) is 11.0 Å². The first-order chi connectivity index (χ1) is 8.35. The van der Waals surface area contributed by atoms with Gasteiger partial charge in [-0.15, -0.1) is 0 Å². The van der Waals surface area contributed by atoms with Crippen LogP contribution in [0.5, 0.6) is 0 Å². The summed E-state index contributed by atoms with van der Waals surface area (Å²) < 4.78 is 41.2. The van der Waals surface area contributed by atoms with Gasteiger partial charge in [0.15, 0.2) is 0 Å². The topological polar surface area (TPSA) is 37.9 Å². The highest BCUT2D eigenvalue weighted by molar-refractivity contribution is 9.10. The smallest absolute Gasteiger partial charge is 0.364 e. The molecule has 0 atom stereocenters. The number of H-pyrrole nitrogens is 1. The predicted molar refractivity (Wildman–Crippen MR) is 64.2 cm³/mol. The Balaban J connectivity index is 2.13. The lowest BCUT2D eigenvalue weighted by Gasteiger charge is -2.05. The monoisotopic (exact) mass is 322 g/mol. The van der Waals surface area contributed by atoms with E-state index in [0.717, 1.165) is 21.1 Å². The molecule has 3 nitrogen and oxygen atoms in total. The third-order valence-electron chi connectivity index (χ3n) is 2.30. The van der Waals surface area contributed by atoms with Gasteiger partial charge in [0.1, 0.15) is 19.0 Å². The molecule has 0 saturated carbocycles. The van der Waals surface area contributed by atoms with Crippen molar-refractivity contribution in [3.05, 3.63) is 28.0 Å². The fourth-order valence-corrected chi connectivity index (χ4v) is 2.20. The molecule has 0 radical (unpaired) electrons. The summed E-state index contributed by atoms with van der Waals surface area (Å²) >= 11 is 3.34. The Kier molecular flexibility index (Phi) is 3.63. The molecule has 0 fully saturated rings. The molecule has 18 heavy (non-hydrogen) atoms. The number of aryl methyl sites for hydroxylation is 1. The van der Waals surface area contributed by atoms with Gasteiger partial charge in [0.05, 0.1) is 11.0 Å². The molecular weight excluding hydrogens is 313 g/mol. The number of imidazole rings is 1. The van der Waals surface area contributed by atoms with Gasteiger partial charge in [-0.1, -0.05) is 15.9 Å². The highest BCUT2D eigenvalue weighted by atomic mass is 79.9. The average molecular weight is 323 g/mol. The van der Waals surface area contributed by atoms with Gasteiger partial charge in [-0.3, -0.25) is 0 Å². The first kappa shape index (κ1) is 13.4. The van der Waals surface area contributed by atoms with Crippen molar-refractivity contribution in [2.24, 2.45) is 0 Å². The molecule has 2 aromatic rings. The number of halogens is 4. The second kappa shape index (κ2) is 4.89. The molecule has 0 aliphatic heterocycles. The van der Waals surface area contributed by atoms with Gasteiger partial charge in [-0.2, -0.15) is 13.2 Å². The molecule has 0 bridgehead atoms. The van der Waals surface area contributed by atoms with Crippen molar-refractivity contribution in [1.29, 1.82) is 0 Å². The van der Waals surface area contributed by atoms with Crippen LogP contribution in [0, 0.1) is 6.92 Å². The summed E-state index contributed by atoms with van der Waals surface area (Å²) in [6.45, 7) is 0.423. The number of hydrogen-bond acceptors (Lipinski definition) is 2. The average Bonchev–Trinajstić information content (AvgIpc) is 2.58. The zero-order valence-corrected chi connectivity index (χ0v) is 11.0. The zero-order valence-electron chi connectivity index (χ0n) is 9.44. The molecule has 1 heterocycles. The van der Waals surface area contributed by atoms with Crippen LogP contribution in [0.15, 0.2) is 16.6 Å². The van der Waals surface area contributed by atoms with Gasteiger partial charge in [0.2, 0.25) is 0 Å². The molecule has 2 rings (SSSR count). The molecule has 7 heteroatoms. The maximum atomic E-state index is 11.9. The van der Waals surface area contributed by atoms with Crippen molar-refractivity contribution >= 4 is 27.0 Å². The summed E-state index contributed by atoms with van der Waals surface area (Å²) in [7, 11) is 0. The minimum absolute atomic E-state index is 0.189. The molecule has 0 amide bonds. The first-order valence-electron chi connectivity index (χ1n) is 5.14. The molecule has 1 aromatic carbocycles. The predicted octanol–water partition coefficient (Wildman–Crippen LogP) is 3.71. The highest BCUT2D eigenvalue weighted by Crippen LogP contribution is 2.22. The number of rotatable bonds is 3. The second-order valence-electron chi connectivity index (χ2n) is 3.91. The molecule has 1 N–H and O–H groups in total. The van der Waals surface area contributed by atoms with Crippen molar-refractivity contribution in [2.45, 2.75) is 19.7 Å². The van der Waals surface area contributed by atoms with E-state index in [1.807, 2.05) is 19.1 Å². The van der Waals surface area contributed by atoms with Crippen LogP contribution >= 0.6 is 15.9 Å². The maximum Gasteiger partial charge on any atom is 0.411 e. The SMILES string of the molecule is Cc1cc(Br)cc2[nH]c(COCC(F)(F)F)nc12. The Bertz CT molecular complexity index is 565. The number of alkyl halides is 3. The molecule has 0 unspecified atom stereocenters. The zero-order chi connectivity index (χ0) is 13.3. The minimum atomic E-state index is -4.31. The number of nitrogens with one attached hydrogen (secondary N) is 1. The lowest BCUT2D eigenvalue weighted by molar-refractivity contribution is -0.177. The first-order valence-corrected chi connectivity index (χ1v) is 5.94. The second-order valence-corrected chi connectivity index (χ2v) is 4.83. The Labute approximate surface area is 109 Å². The normalized spacial score (nSPS) is 12.3. The van der Waals surface area contributed by atoms with Gasteiger partial charge in [-0.25, -0.2) is 4.98 Å². The molecule has 0 spiro atoms. The number of benzene rings is 1. The van der Waals surface area contributed by atoms with Crippen molar-refractivity contribution in [2.75, 3.05) is 6.61 Å². The Morgan fingerprint density at radius 3 is 2.78 bits per heavy atom. The van der Waals surface area contributed by atoms with Crippen molar-refractivity contribution in [3.63, 3.8) is 0 Å². The van der Waals surface area contributed by atoms with E-state index in [0.29, 0.717) is 5.82 Å². The quantitative estimate of drug-likeness (QED) is 0.935. The summed E-state index contributed by atoms with van der Waals surface area (Å²) in [6.07, 6.45) is -4.31. The summed E-state index contributed by atoms with van der Waals surface area (Å²) in [5.74, 6) is 0.385. The lowest BCUT2D eigenvalue weighted by atomic mass is 10.2. The van der Waals surface area contributed by atoms with E-state index in [9.17, 15) is 13.2 Å².